The molecule has 31 heavy (non-hydrogen) atoms. The highest BCUT2D eigenvalue weighted by atomic mass is 35.5. The molecule has 0 spiro atoms. The summed E-state index contributed by atoms with van der Waals surface area (Å²) in [4.78, 5) is 15.0. The van der Waals surface area contributed by atoms with Gasteiger partial charge in [-0.25, -0.2) is 8.42 Å². The molecule has 160 valence electrons. The van der Waals surface area contributed by atoms with E-state index in [0.717, 1.165) is 29.7 Å². The summed E-state index contributed by atoms with van der Waals surface area (Å²) in [5.74, 6) is -0.139. The first kappa shape index (κ1) is 21.6. The number of nitrogens with zero attached hydrogens (tertiary/aromatic N) is 2. The molecule has 1 amide bonds. The molecule has 5 nitrogen and oxygen atoms in total. The van der Waals surface area contributed by atoms with E-state index < -0.39 is 10.0 Å². The second kappa shape index (κ2) is 8.83. The normalized spacial score (nSPS) is 13.8. The molecule has 0 bridgehead atoms. The van der Waals surface area contributed by atoms with Crippen molar-refractivity contribution in [3.8, 4) is 0 Å². The third-order valence-electron chi connectivity index (χ3n) is 5.44. The number of fused-ring (bicyclic) bond motifs is 1. The highest BCUT2D eigenvalue weighted by Crippen LogP contribution is 2.32. The van der Waals surface area contributed by atoms with Crippen LogP contribution in [0.2, 0.25) is 5.02 Å². The van der Waals surface area contributed by atoms with Crippen LogP contribution in [0.5, 0.6) is 0 Å². The molecule has 1 heterocycles. The van der Waals surface area contributed by atoms with E-state index in [1.807, 2.05) is 30.3 Å². The van der Waals surface area contributed by atoms with Crippen molar-refractivity contribution in [2.24, 2.45) is 0 Å². The molecule has 0 saturated carbocycles. The number of hydrogen-bond acceptors (Lipinski definition) is 3. The van der Waals surface area contributed by atoms with Crippen molar-refractivity contribution >= 4 is 33.2 Å². The van der Waals surface area contributed by atoms with Gasteiger partial charge >= 0.3 is 0 Å². The predicted molar refractivity (Wildman–Crippen MR) is 123 cm³/mol. The molecule has 4 rings (SSSR count). The largest absolute Gasteiger partial charge is 0.308 e. The smallest absolute Gasteiger partial charge is 0.258 e. The number of carbonyl (C=O) groups is 1. The van der Waals surface area contributed by atoms with Gasteiger partial charge in [0.15, 0.2) is 0 Å². The average molecular weight is 455 g/mol. The summed E-state index contributed by atoms with van der Waals surface area (Å²) in [5, 5.41) is 0.506. The van der Waals surface area contributed by atoms with Gasteiger partial charge in [0.2, 0.25) is 10.0 Å². The molecular formula is C24H23ClN2O3S. The second-order valence-corrected chi connectivity index (χ2v) is 10.1. The molecule has 0 aromatic heterocycles. The first-order valence-electron chi connectivity index (χ1n) is 10.1. The zero-order valence-corrected chi connectivity index (χ0v) is 18.7. The highest BCUT2D eigenvalue weighted by molar-refractivity contribution is 7.89. The SMILES string of the molecule is CN(Cc1ccccc1)S(=O)(=O)c1ccc2c(c1)CCCN2C(=O)c1cccc(Cl)c1. The molecule has 3 aromatic carbocycles. The lowest BCUT2D eigenvalue weighted by molar-refractivity contribution is 0.0985. The van der Waals surface area contributed by atoms with Crippen LogP contribution < -0.4 is 4.90 Å². The van der Waals surface area contributed by atoms with Crippen LogP contribution in [-0.4, -0.2) is 32.2 Å². The molecule has 7 heteroatoms. The lowest BCUT2D eigenvalue weighted by Crippen LogP contribution is -2.35. The Kier molecular flexibility index (Phi) is 6.14. The van der Waals surface area contributed by atoms with E-state index in [1.54, 1.807) is 54.4 Å². The van der Waals surface area contributed by atoms with Crippen LogP contribution in [0.4, 0.5) is 5.69 Å². The van der Waals surface area contributed by atoms with Gasteiger partial charge in [0.05, 0.1) is 4.90 Å². The topological polar surface area (TPSA) is 57.7 Å². The van der Waals surface area contributed by atoms with Crippen LogP contribution in [0.25, 0.3) is 0 Å². The van der Waals surface area contributed by atoms with Gasteiger partial charge in [-0.3, -0.25) is 4.79 Å². The molecular weight excluding hydrogens is 432 g/mol. The average Bonchev–Trinajstić information content (AvgIpc) is 2.78. The number of amides is 1. The maximum atomic E-state index is 13.1. The number of halogens is 1. The first-order valence-corrected chi connectivity index (χ1v) is 11.9. The number of rotatable bonds is 5. The van der Waals surface area contributed by atoms with Crippen LogP contribution in [0, 0.1) is 0 Å². The van der Waals surface area contributed by atoms with E-state index in [1.165, 1.54) is 4.31 Å². The van der Waals surface area contributed by atoms with Crippen LogP contribution in [0.1, 0.15) is 27.9 Å². The third kappa shape index (κ3) is 4.51. The van der Waals surface area contributed by atoms with Gasteiger partial charge in [-0.15, -0.1) is 0 Å². The summed E-state index contributed by atoms with van der Waals surface area (Å²) >= 11 is 6.04. The maximum absolute atomic E-state index is 13.1. The Labute approximate surface area is 187 Å². The third-order valence-corrected chi connectivity index (χ3v) is 7.48. The molecule has 0 unspecified atom stereocenters. The molecule has 3 aromatic rings. The maximum Gasteiger partial charge on any atom is 0.258 e. The molecule has 1 aliphatic heterocycles. The minimum absolute atomic E-state index is 0.139. The summed E-state index contributed by atoms with van der Waals surface area (Å²) < 4.78 is 27.6. The molecule has 1 aliphatic rings. The Morgan fingerprint density at radius 3 is 2.55 bits per heavy atom. The standard InChI is InChI=1S/C24H23ClN2O3S/c1-26(17-18-7-3-2-4-8-18)31(29,30)22-12-13-23-19(16-22)10-6-14-27(23)24(28)20-9-5-11-21(25)15-20/h2-5,7-9,11-13,15-16H,6,10,14,17H2,1H3. The van der Waals surface area contributed by atoms with Gasteiger partial charge in [-0.05, 0) is 60.4 Å². The highest BCUT2D eigenvalue weighted by Gasteiger charge is 2.27. The number of sulfonamides is 1. The van der Waals surface area contributed by atoms with Crippen LogP contribution in [0.15, 0.2) is 77.7 Å². The van der Waals surface area contributed by atoms with Crippen molar-refractivity contribution in [3.05, 3.63) is 94.5 Å². The molecule has 0 atom stereocenters. The molecule has 0 fully saturated rings. The first-order chi connectivity index (χ1) is 14.9. The van der Waals surface area contributed by atoms with Gasteiger partial charge in [0, 0.05) is 36.4 Å². The van der Waals surface area contributed by atoms with Crippen molar-refractivity contribution in [2.75, 3.05) is 18.5 Å². The van der Waals surface area contributed by atoms with E-state index in [-0.39, 0.29) is 10.8 Å². The summed E-state index contributed by atoms with van der Waals surface area (Å²) in [7, 11) is -2.07. The number of hydrogen-bond donors (Lipinski definition) is 0. The second-order valence-electron chi connectivity index (χ2n) is 7.61. The van der Waals surface area contributed by atoms with Crippen LogP contribution in [0.3, 0.4) is 0 Å². The monoisotopic (exact) mass is 454 g/mol. The van der Waals surface area contributed by atoms with E-state index >= 15 is 0 Å². The van der Waals surface area contributed by atoms with E-state index in [2.05, 4.69) is 0 Å². The zero-order chi connectivity index (χ0) is 22.0. The number of benzene rings is 3. The Morgan fingerprint density at radius 1 is 1.03 bits per heavy atom. The van der Waals surface area contributed by atoms with Gasteiger partial charge in [0.25, 0.3) is 5.91 Å². The van der Waals surface area contributed by atoms with E-state index in [0.29, 0.717) is 23.7 Å². The van der Waals surface area contributed by atoms with Crippen molar-refractivity contribution in [2.45, 2.75) is 24.3 Å². The van der Waals surface area contributed by atoms with Gasteiger partial charge in [0.1, 0.15) is 0 Å². The Hall–Kier alpha value is -2.67. The van der Waals surface area contributed by atoms with Crippen molar-refractivity contribution in [1.82, 2.24) is 4.31 Å². The molecule has 0 saturated heterocycles. The van der Waals surface area contributed by atoms with Crippen molar-refractivity contribution < 1.29 is 13.2 Å². The number of aryl methyl sites for hydroxylation is 1. The minimum Gasteiger partial charge on any atom is -0.308 e. The van der Waals surface area contributed by atoms with Gasteiger partial charge in [-0.1, -0.05) is 48.0 Å². The van der Waals surface area contributed by atoms with E-state index in [4.69, 9.17) is 11.6 Å². The Balaban J connectivity index is 1.61. The predicted octanol–water partition coefficient (Wildman–Crippen LogP) is 4.75. The summed E-state index contributed by atoms with van der Waals surface area (Å²) in [6.07, 6.45) is 1.49. The molecule has 0 N–H and O–H groups in total. The van der Waals surface area contributed by atoms with Gasteiger partial charge < -0.3 is 4.90 Å². The molecule has 0 aliphatic carbocycles. The Bertz CT molecular complexity index is 1210. The molecule has 0 radical (unpaired) electrons. The number of carbonyl (C=O) groups excluding carboxylic acids is 1. The van der Waals surface area contributed by atoms with Crippen molar-refractivity contribution in [3.63, 3.8) is 0 Å². The fourth-order valence-corrected chi connectivity index (χ4v) is 5.23. The summed E-state index contributed by atoms with van der Waals surface area (Å²) in [6.45, 7) is 0.873. The van der Waals surface area contributed by atoms with Gasteiger partial charge in [-0.2, -0.15) is 4.31 Å². The summed E-state index contributed by atoms with van der Waals surface area (Å²) in [6, 6.07) is 21.4. The number of anilines is 1. The van der Waals surface area contributed by atoms with Crippen LogP contribution >= 0.6 is 11.6 Å². The lowest BCUT2D eigenvalue weighted by atomic mass is 10.0. The quantitative estimate of drug-likeness (QED) is 0.558. The Morgan fingerprint density at radius 2 is 1.81 bits per heavy atom. The minimum atomic E-state index is -3.65. The fraction of sp³-hybridized carbons (Fsp3) is 0.208. The zero-order valence-electron chi connectivity index (χ0n) is 17.2. The van der Waals surface area contributed by atoms with Crippen molar-refractivity contribution in [1.29, 1.82) is 0 Å². The fourth-order valence-electron chi connectivity index (χ4n) is 3.83. The van der Waals surface area contributed by atoms with E-state index in [9.17, 15) is 13.2 Å². The summed E-state index contributed by atoms with van der Waals surface area (Å²) in [5.41, 5.74) is 3.04. The lowest BCUT2D eigenvalue weighted by Gasteiger charge is -2.30. The van der Waals surface area contributed by atoms with Crippen LogP contribution in [-0.2, 0) is 23.0 Å².